The highest BCUT2D eigenvalue weighted by Crippen LogP contribution is 2.42. The van der Waals surface area contributed by atoms with Crippen molar-refractivity contribution in [2.45, 2.75) is 45.8 Å². The van der Waals surface area contributed by atoms with E-state index in [2.05, 4.69) is 0 Å². The minimum absolute atomic E-state index is 0.140. The molecule has 0 atom stereocenters. The van der Waals surface area contributed by atoms with E-state index in [0.29, 0.717) is 28.3 Å². The molecule has 0 bridgehead atoms. The standard InChI is InChI=1S/C16H21BFNO4/c1-9(10-6-12-13(7-11(10)19)21-8-20-12)14(18)17-22-15(2,3)16(4,5)23-17/h6-7H,8,19H2,1-5H3. The summed E-state index contributed by atoms with van der Waals surface area (Å²) in [7, 11) is -1.05. The topological polar surface area (TPSA) is 62.9 Å². The molecule has 1 fully saturated rings. The van der Waals surface area contributed by atoms with E-state index in [1.165, 1.54) is 0 Å². The molecule has 0 spiro atoms. The molecule has 7 heteroatoms. The number of hydrogen-bond acceptors (Lipinski definition) is 5. The van der Waals surface area contributed by atoms with Crippen LogP contribution in [0.1, 0.15) is 40.2 Å². The molecule has 3 rings (SSSR count). The zero-order valence-corrected chi connectivity index (χ0v) is 14.0. The summed E-state index contributed by atoms with van der Waals surface area (Å²) < 4.78 is 37.0. The highest BCUT2D eigenvalue weighted by atomic mass is 19.1. The monoisotopic (exact) mass is 321 g/mol. The number of nitrogen functional groups attached to an aromatic ring is 1. The van der Waals surface area contributed by atoms with Crippen LogP contribution in [0.2, 0.25) is 0 Å². The van der Waals surface area contributed by atoms with Crippen LogP contribution in [0.4, 0.5) is 10.1 Å². The van der Waals surface area contributed by atoms with Crippen molar-refractivity contribution >= 4 is 18.4 Å². The van der Waals surface area contributed by atoms with Gasteiger partial charge in [0.25, 0.3) is 0 Å². The van der Waals surface area contributed by atoms with Crippen LogP contribution < -0.4 is 15.2 Å². The van der Waals surface area contributed by atoms with Gasteiger partial charge in [0.2, 0.25) is 6.79 Å². The molecule has 0 aliphatic carbocycles. The van der Waals surface area contributed by atoms with E-state index in [4.69, 9.17) is 24.5 Å². The first kappa shape index (κ1) is 16.1. The fourth-order valence-electron chi connectivity index (χ4n) is 2.53. The van der Waals surface area contributed by atoms with Gasteiger partial charge in [0.1, 0.15) is 5.73 Å². The molecule has 23 heavy (non-hydrogen) atoms. The van der Waals surface area contributed by atoms with Crippen molar-refractivity contribution in [3.8, 4) is 11.5 Å². The van der Waals surface area contributed by atoms with Crippen molar-refractivity contribution in [2.75, 3.05) is 12.5 Å². The van der Waals surface area contributed by atoms with Gasteiger partial charge in [0, 0.05) is 17.3 Å². The lowest BCUT2D eigenvalue weighted by atomic mass is 9.83. The zero-order valence-electron chi connectivity index (χ0n) is 14.0. The summed E-state index contributed by atoms with van der Waals surface area (Å²) in [6, 6.07) is 3.32. The lowest BCUT2D eigenvalue weighted by molar-refractivity contribution is 0.00578. The van der Waals surface area contributed by atoms with Crippen molar-refractivity contribution in [1.29, 1.82) is 0 Å². The Labute approximate surface area is 135 Å². The minimum atomic E-state index is -1.05. The fourth-order valence-corrected chi connectivity index (χ4v) is 2.53. The maximum atomic E-state index is 14.9. The number of anilines is 1. The van der Waals surface area contributed by atoms with E-state index < -0.39 is 24.0 Å². The maximum Gasteiger partial charge on any atom is 0.525 e. The van der Waals surface area contributed by atoms with Crippen LogP contribution in [0.5, 0.6) is 11.5 Å². The molecule has 0 unspecified atom stereocenters. The van der Waals surface area contributed by atoms with E-state index in [0.717, 1.165) is 0 Å². The SMILES string of the molecule is CC(=C(F)B1OC(C)(C)C(C)(C)O1)c1cc2c(cc1N)OCO2. The molecule has 2 heterocycles. The Bertz CT molecular complexity index is 671. The van der Waals surface area contributed by atoms with E-state index in [9.17, 15) is 4.39 Å². The Kier molecular flexibility index (Phi) is 3.61. The van der Waals surface area contributed by atoms with Gasteiger partial charge in [0.05, 0.1) is 11.2 Å². The van der Waals surface area contributed by atoms with Crippen LogP contribution >= 0.6 is 0 Å². The minimum Gasteiger partial charge on any atom is -0.454 e. The Morgan fingerprint density at radius 1 is 1.09 bits per heavy atom. The van der Waals surface area contributed by atoms with Gasteiger partial charge in [-0.3, -0.25) is 0 Å². The van der Waals surface area contributed by atoms with Crippen LogP contribution in [0.3, 0.4) is 0 Å². The molecule has 5 nitrogen and oxygen atoms in total. The highest BCUT2D eigenvalue weighted by Gasteiger charge is 2.53. The molecular formula is C16H21BFNO4. The summed E-state index contributed by atoms with van der Waals surface area (Å²) in [5.41, 5.74) is 5.64. The van der Waals surface area contributed by atoms with Crippen molar-refractivity contribution < 1.29 is 23.2 Å². The molecule has 2 N–H and O–H groups in total. The first-order valence-corrected chi connectivity index (χ1v) is 7.54. The fraction of sp³-hybridized carbons (Fsp3) is 0.500. The van der Waals surface area contributed by atoms with Crippen molar-refractivity contribution in [2.24, 2.45) is 0 Å². The molecule has 0 radical (unpaired) electrons. The Morgan fingerprint density at radius 3 is 2.17 bits per heavy atom. The van der Waals surface area contributed by atoms with Crippen molar-refractivity contribution in [3.05, 3.63) is 23.4 Å². The quantitative estimate of drug-likeness (QED) is 0.669. The molecule has 1 aromatic rings. The summed E-state index contributed by atoms with van der Waals surface area (Å²) in [5.74, 6) is 1.12. The molecule has 1 saturated heterocycles. The number of allylic oxidation sites excluding steroid dienone is 1. The predicted octanol–water partition coefficient (Wildman–Crippen LogP) is 3.33. The third kappa shape index (κ3) is 2.58. The van der Waals surface area contributed by atoms with E-state index >= 15 is 0 Å². The lowest BCUT2D eigenvalue weighted by Crippen LogP contribution is -2.41. The van der Waals surface area contributed by atoms with Gasteiger partial charge in [-0.1, -0.05) is 0 Å². The van der Waals surface area contributed by atoms with E-state index in [1.807, 2.05) is 27.7 Å². The lowest BCUT2D eigenvalue weighted by Gasteiger charge is -2.32. The second-order valence-corrected chi connectivity index (χ2v) is 6.85. The van der Waals surface area contributed by atoms with Crippen LogP contribution in [0.25, 0.3) is 5.57 Å². The molecule has 0 aromatic heterocycles. The average molecular weight is 321 g/mol. The number of hydrogen-bond donors (Lipinski definition) is 1. The average Bonchev–Trinajstić information content (AvgIpc) is 2.98. The van der Waals surface area contributed by atoms with Crippen LogP contribution in [0, 0.1) is 0 Å². The molecule has 1 aromatic carbocycles. The molecule has 2 aliphatic rings. The van der Waals surface area contributed by atoms with Crippen LogP contribution in [-0.4, -0.2) is 25.1 Å². The summed E-state index contributed by atoms with van der Waals surface area (Å²) in [6.07, 6.45) is 0. The smallest absolute Gasteiger partial charge is 0.454 e. The Hall–Kier alpha value is -1.73. The maximum absolute atomic E-state index is 14.9. The molecular weight excluding hydrogens is 300 g/mol. The predicted molar refractivity (Wildman–Crippen MR) is 86.8 cm³/mol. The second kappa shape index (κ2) is 5.14. The summed E-state index contributed by atoms with van der Waals surface area (Å²) in [5, 5.41) is 0. The Balaban J connectivity index is 1.96. The summed E-state index contributed by atoms with van der Waals surface area (Å²) >= 11 is 0. The number of ether oxygens (including phenoxy) is 2. The molecule has 0 amide bonds. The van der Waals surface area contributed by atoms with Gasteiger partial charge in [-0.2, -0.15) is 0 Å². The van der Waals surface area contributed by atoms with E-state index in [1.54, 1.807) is 19.1 Å². The van der Waals surface area contributed by atoms with Gasteiger partial charge in [0.15, 0.2) is 11.5 Å². The van der Waals surface area contributed by atoms with Crippen molar-refractivity contribution in [3.63, 3.8) is 0 Å². The Morgan fingerprint density at radius 2 is 1.61 bits per heavy atom. The van der Waals surface area contributed by atoms with Crippen LogP contribution in [-0.2, 0) is 9.31 Å². The first-order chi connectivity index (χ1) is 10.6. The van der Waals surface area contributed by atoms with E-state index in [-0.39, 0.29) is 6.79 Å². The second-order valence-electron chi connectivity index (χ2n) is 6.85. The molecule has 0 saturated carbocycles. The molecule has 124 valence electrons. The van der Waals surface area contributed by atoms with Gasteiger partial charge in [-0.05, 0) is 46.3 Å². The number of fused-ring (bicyclic) bond motifs is 1. The number of halogens is 1. The van der Waals surface area contributed by atoms with Gasteiger partial charge < -0.3 is 24.5 Å². The zero-order chi connectivity index (χ0) is 17.0. The summed E-state index contributed by atoms with van der Waals surface area (Å²) in [4.78, 5) is 0. The van der Waals surface area contributed by atoms with Crippen molar-refractivity contribution in [1.82, 2.24) is 0 Å². The molecule has 2 aliphatic heterocycles. The number of nitrogens with two attached hydrogens (primary N) is 1. The highest BCUT2D eigenvalue weighted by molar-refractivity contribution is 6.55. The third-order valence-electron chi connectivity index (χ3n) is 4.77. The van der Waals surface area contributed by atoms with Gasteiger partial charge >= 0.3 is 7.12 Å². The number of benzene rings is 1. The normalized spacial score (nSPS) is 22.3. The van der Waals surface area contributed by atoms with Gasteiger partial charge in [-0.15, -0.1) is 0 Å². The first-order valence-electron chi connectivity index (χ1n) is 7.54. The third-order valence-corrected chi connectivity index (χ3v) is 4.77. The summed E-state index contributed by atoms with van der Waals surface area (Å²) in [6.45, 7) is 9.30. The van der Waals surface area contributed by atoms with Gasteiger partial charge in [-0.25, -0.2) is 4.39 Å². The van der Waals surface area contributed by atoms with Crippen LogP contribution in [0.15, 0.2) is 17.9 Å². The largest absolute Gasteiger partial charge is 0.525 e. The number of rotatable bonds is 2.